The van der Waals surface area contributed by atoms with Gasteiger partial charge in [0.15, 0.2) is 5.25 Å². The molecule has 1 unspecified atom stereocenters. The topological polar surface area (TPSA) is 83.9 Å². The molecule has 21 heavy (non-hydrogen) atoms. The monoisotopic (exact) mass is 313 g/mol. The highest BCUT2D eigenvalue weighted by atomic mass is 32.2. The van der Waals surface area contributed by atoms with Gasteiger partial charge in [-0.25, -0.2) is 8.42 Å². The van der Waals surface area contributed by atoms with Crippen LogP contribution in [-0.2, 0) is 21.4 Å². The molecular formula is C14H19NO5S. The molecule has 1 aromatic rings. The first-order valence-electron chi connectivity index (χ1n) is 6.72. The number of carboxylic acids is 1. The Labute approximate surface area is 124 Å². The van der Waals surface area contributed by atoms with E-state index >= 15 is 0 Å². The fraction of sp³-hybridized carbons (Fsp3) is 0.500. The zero-order valence-corrected chi connectivity index (χ0v) is 12.8. The number of carbonyl (C=O) groups is 1. The van der Waals surface area contributed by atoms with Gasteiger partial charge in [-0.1, -0.05) is 12.1 Å². The molecule has 0 aromatic heterocycles. The maximum Gasteiger partial charge on any atom is 0.323 e. The predicted octanol–water partition coefficient (Wildman–Crippen LogP) is 1.46. The van der Waals surface area contributed by atoms with Crippen LogP contribution in [0.1, 0.15) is 25.3 Å². The summed E-state index contributed by atoms with van der Waals surface area (Å²) in [5.41, 5.74) is 0.809. The predicted molar refractivity (Wildman–Crippen MR) is 77.6 cm³/mol. The molecule has 0 spiro atoms. The Balaban J connectivity index is 2.21. The van der Waals surface area contributed by atoms with E-state index in [2.05, 4.69) is 0 Å². The number of aliphatic carboxylic acids is 1. The first-order valence-corrected chi connectivity index (χ1v) is 8.23. The van der Waals surface area contributed by atoms with Gasteiger partial charge in [0.2, 0.25) is 10.0 Å². The lowest BCUT2D eigenvalue weighted by Gasteiger charge is -2.24. The van der Waals surface area contributed by atoms with E-state index in [4.69, 9.17) is 9.84 Å². The van der Waals surface area contributed by atoms with Crippen molar-refractivity contribution in [3.8, 4) is 5.75 Å². The summed E-state index contributed by atoms with van der Waals surface area (Å²) in [5, 5.41) is 7.55. The second-order valence-corrected chi connectivity index (χ2v) is 7.36. The van der Waals surface area contributed by atoms with Gasteiger partial charge in [0, 0.05) is 12.6 Å². The van der Waals surface area contributed by atoms with E-state index in [0.29, 0.717) is 5.75 Å². The van der Waals surface area contributed by atoms with E-state index in [9.17, 15) is 13.2 Å². The van der Waals surface area contributed by atoms with Gasteiger partial charge in [-0.3, -0.25) is 4.79 Å². The lowest BCUT2D eigenvalue weighted by molar-refractivity contribution is -0.136. The van der Waals surface area contributed by atoms with Crippen LogP contribution in [0.2, 0.25) is 0 Å². The van der Waals surface area contributed by atoms with Crippen molar-refractivity contribution < 1.29 is 23.1 Å². The molecule has 7 heteroatoms. The summed E-state index contributed by atoms with van der Waals surface area (Å²) >= 11 is 0. The number of carboxylic acid groups (broad SMARTS) is 1. The Bertz CT molecular complexity index is 607. The fourth-order valence-corrected chi connectivity index (χ4v) is 3.65. The Morgan fingerprint density at radius 3 is 2.38 bits per heavy atom. The van der Waals surface area contributed by atoms with Crippen molar-refractivity contribution in [3.63, 3.8) is 0 Å². The van der Waals surface area contributed by atoms with Gasteiger partial charge in [-0.05, 0) is 37.5 Å². The molecular weight excluding hydrogens is 294 g/mol. The van der Waals surface area contributed by atoms with Gasteiger partial charge < -0.3 is 9.84 Å². The smallest absolute Gasteiger partial charge is 0.323 e. The zero-order valence-electron chi connectivity index (χ0n) is 12.0. The quantitative estimate of drug-likeness (QED) is 0.824. The number of hydrogen-bond donors (Lipinski definition) is 1. The highest BCUT2D eigenvalue weighted by Crippen LogP contribution is 2.32. The van der Waals surface area contributed by atoms with Crippen LogP contribution in [0, 0.1) is 0 Å². The second-order valence-electron chi connectivity index (χ2n) is 5.15. The third kappa shape index (κ3) is 3.54. The number of benzene rings is 1. The van der Waals surface area contributed by atoms with Gasteiger partial charge in [0.1, 0.15) is 5.75 Å². The summed E-state index contributed by atoms with van der Waals surface area (Å²) in [5.74, 6) is -0.631. The molecule has 0 amide bonds. The standard InChI is InChI=1S/C14H19NO5S/c1-10(14(16)17)21(18,19)15(12-5-6-12)9-11-3-7-13(20-2)8-4-11/h3-4,7-8,10,12H,5-6,9H2,1-2H3,(H,16,17). The number of ether oxygens (including phenoxy) is 1. The maximum atomic E-state index is 12.4. The van der Waals surface area contributed by atoms with Crippen molar-refractivity contribution in [2.24, 2.45) is 0 Å². The lowest BCUT2D eigenvalue weighted by Crippen LogP contribution is -2.42. The first-order chi connectivity index (χ1) is 9.86. The van der Waals surface area contributed by atoms with Crippen LogP contribution in [0.4, 0.5) is 0 Å². The molecule has 0 heterocycles. The van der Waals surface area contributed by atoms with Crippen molar-refractivity contribution in [2.75, 3.05) is 7.11 Å². The van der Waals surface area contributed by atoms with Crippen molar-refractivity contribution in [2.45, 2.75) is 37.6 Å². The normalized spacial score (nSPS) is 16.7. The van der Waals surface area contributed by atoms with Crippen LogP contribution in [0.5, 0.6) is 5.75 Å². The second kappa shape index (κ2) is 6.03. The van der Waals surface area contributed by atoms with Crippen LogP contribution >= 0.6 is 0 Å². The molecule has 6 nitrogen and oxygen atoms in total. The molecule has 1 aliphatic rings. The number of nitrogens with zero attached hydrogens (tertiary/aromatic N) is 1. The van der Waals surface area contributed by atoms with Crippen molar-refractivity contribution in [1.29, 1.82) is 0 Å². The summed E-state index contributed by atoms with van der Waals surface area (Å²) in [6.45, 7) is 1.40. The summed E-state index contributed by atoms with van der Waals surface area (Å²) in [7, 11) is -2.29. The van der Waals surface area contributed by atoms with E-state index in [-0.39, 0.29) is 12.6 Å². The molecule has 0 aliphatic heterocycles. The van der Waals surface area contributed by atoms with Gasteiger partial charge in [-0.15, -0.1) is 0 Å². The fourth-order valence-electron chi connectivity index (χ4n) is 2.03. The van der Waals surface area contributed by atoms with Crippen molar-refractivity contribution >= 4 is 16.0 Å². The average Bonchev–Trinajstić information content (AvgIpc) is 3.28. The van der Waals surface area contributed by atoms with E-state index in [1.165, 1.54) is 11.2 Å². The van der Waals surface area contributed by atoms with Crippen LogP contribution in [0.25, 0.3) is 0 Å². The van der Waals surface area contributed by atoms with Crippen LogP contribution in [0.15, 0.2) is 24.3 Å². The Hall–Kier alpha value is -1.60. The lowest BCUT2D eigenvalue weighted by atomic mass is 10.2. The van der Waals surface area contributed by atoms with Gasteiger partial charge >= 0.3 is 5.97 Å². The molecule has 1 aromatic carbocycles. The van der Waals surface area contributed by atoms with E-state index in [1.54, 1.807) is 31.4 Å². The molecule has 1 aliphatic carbocycles. The number of sulfonamides is 1. The van der Waals surface area contributed by atoms with Crippen LogP contribution in [0.3, 0.4) is 0 Å². The molecule has 1 saturated carbocycles. The van der Waals surface area contributed by atoms with Gasteiger partial charge in [0.05, 0.1) is 7.11 Å². The van der Waals surface area contributed by atoms with Gasteiger partial charge in [0.25, 0.3) is 0 Å². The summed E-state index contributed by atoms with van der Waals surface area (Å²) in [4.78, 5) is 11.0. The number of methoxy groups -OCH3 is 1. The molecule has 1 fully saturated rings. The molecule has 1 atom stereocenters. The van der Waals surface area contributed by atoms with Gasteiger partial charge in [-0.2, -0.15) is 4.31 Å². The Morgan fingerprint density at radius 1 is 1.38 bits per heavy atom. The Kier molecular flexibility index (Phi) is 4.53. The zero-order chi connectivity index (χ0) is 15.6. The van der Waals surface area contributed by atoms with Crippen molar-refractivity contribution in [1.82, 2.24) is 4.31 Å². The minimum absolute atomic E-state index is 0.0844. The molecule has 116 valence electrons. The number of rotatable bonds is 7. The molecule has 0 radical (unpaired) electrons. The third-order valence-electron chi connectivity index (χ3n) is 3.57. The summed E-state index contributed by atoms with van der Waals surface area (Å²) in [6.07, 6.45) is 1.56. The highest BCUT2D eigenvalue weighted by Gasteiger charge is 2.42. The van der Waals surface area contributed by atoms with Crippen LogP contribution in [-0.4, -0.2) is 42.2 Å². The molecule has 0 saturated heterocycles. The first kappa shape index (κ1) is 15.8. The molecule has 2 rings (SSSR count). The Morgan fingerprint density at radius 2 is 1.95 bits per heavy atom. The maximum absolute atomic E-state index is 12.4. The van der Waals surface area contributed by atoms with E-state index in [0.717, 1.165) is 18.4 Å². The number of hydrogen-bond acceptors (Lipinski definition) is 4. The third-order valence-corrected chi connectivity index (χ3v) is 5.75. The van der Waals surface area contributed by atoms with Crippen LogP contribution < -0.4 is 4.74 Å². The summed E-state index contributed by atoms with van der Waals surface area (Å²) < 4.78 is 31.2. The SMILES string of the molecule is COc1ccc(CN(C2CC2)S(=O)(=O)C(C)C(=O)O)cc1. The largest absolute Gasteiger partial charge is 0.497 e. The molecule has 0 bridgehead atoms. The highest BCUT2D eigenvalue weighted by molar-refractivity contribution is 7.90. The molecule has 1 N–H and O–H groups in total. The summed E-state index contributed by atoms with van der Waals surface area (Å²) in [6, 6.07) is 7.00. The minimum Gasteiger partial charge on any atom is -0.497 e. The van der Waals surface area contributed by atoms with E-state index < -0.39 is 21.2 Å². The minimum atomic E-state index is -3.85. The van der Waals surface area contributed by atoms with E-state index in [1.807, 2.05) is 0 Å². The van der Waals surface area contributed by atoms with Crippen molar-refractivity contribution in [3.05, 3.63) is 29.8 Å². The average molecular weight is 313 g/mol.